The molecule has 5 rings (SSSR count). The molecule has 15 heavy (non-hydrogen) atoms. The summed E-state index contributed by atoms with van der Waals surface area (Å²) in [7, 11) is 0. The van der Waals surface area contributed by atoms with Crippen LogP contribution in [0.4, 0.5) is 0 Å². The molecule has 0 aliphatic heterocycles. The molecule has 0 aromatic carbocycles. The van der Waals surface area contributed by atoms with Crippen molar-refractivity contribution in [2.45, 2.75) is 53.4 Å². The second kappa shape index (κ2) is 2.05. The molecular formula is C15H24. The van der Waals surface area contributed by atoms with Crippen molar-refractivity contribution in [2.24, 2.45) is 39.9 Å². The first-order chi connectivity index (χ1) is 6.93. The molecule has 0 heteroatoms. The second-order valence-electron chi connectivity index (χ2n) is 8.04. The molecule has 0 unspecified atom stereocenters. The molecule has 0 nitrogen and oxygen atoms in total. The van der Waals surface area contributed by atoms with Gasteiger partial charge in [0.15, 0.2) is 0 Å². The summed E-state index contributed by atoms with van der Waals surface area (Å²) in [4.78, 5) is 0. The zero-order valence-corrected chi connectivity index (χ0v) is 10.6. The van der Waals surface area contributed by atoms with E-state index in [1.807, 2.05) is 0 Å². The highest BCUT2D eigenvalue weighted by Crippen LogP contribution is 2.91. The predicted molar refractivity (Wildman–Crippen MR) is 62.4 cm³/mol. The summed E-state index contributed by atoms with van der Waals surface area (Å²) < 4.78 is 0. The van der Waals surface area contributed by atoms with E-state index in [9.17, 15) is 0 Å². The summed E-state index contributed by atoms with van der Waals surface area (Å²) in [5.41, 5.74) is 2.16. The van der Waals surface area contributed by atoms with E-state index in [0.29, 0.717) is 5.41 Å². The van der Waals surface area contributed by atoms with E-state index in [1.54, 1.807) is 6.42 Å². The van der Waals surface area contributed by atoms with Crippen molar-refractivity contribution in [1.82, 2.24) is 0 Å². The number of hydrogen-bond acceptors (Lipinski definition) is 0. The van der Waals surface area contributed by atoms with Gasteiger partial charge in [-0.3, -0.25) is 0 Å². The van der Waals surface area contributed by atoms with Crippen molar-refractivity contribution in [1.29, 1.82) is 0 Å². The molecule has 0 saturated heterocycles. The third-order valence-electron chi connectivity index (χ3n) is 7.58. The summed E-state index contributed by atoms with van der Waals surface area (Å²) >= 11 is 0. The van der Waals surface area contributed by atoms with Crippen LogP contribution in [-0.4, -0.2) is 0 Å². The van der Waals surface area contributed by atoms with Gasteiger partial charge in [0.1, 0.15) is 0 Å². The van der Waals surface area contributed by atoms with Gasteiger partial charge in [-0.05, 0) is 59.2 Å². The Labute approximate surface area is 93.8 Å². The lowest BCUT2D eigenvalue weighted by Gasteiger charge is -2.35. The fourth-order valence-corrected chi connectivity index (χ4v) is 6.75. The van der Waals surface area contributed by atoms with E-state index in [-0.39, 0.29) is 0 Å². The molecule has 6 atom stereocenters. The molecule has 0 aromatic heterocycles. The maximum absolute atomic E-state index is 2.64. The van der Waals surface area contributed by atoms with Crippen molar-refractivity contribution in [3.63, 3.8) is 0 Å². The maximum atomic E-state index is 2.64. The van der Waals surface area contributed by atoms with E-state index in [0.717, 1.165) is 34.5 Å². The average Bonchev–Trinajstić information content (AvgIpc) is 2.49. The van der Waals surface area contributed by atoms with Gasteiger partial charge in [0.25, 0.3) is 0 Å². The van der Waals surface area contributed by atoms with Crippen molar-refractivity contribution < 1.29 is 0 Å². The maximum Gasteiger partial charge on any atom is -0.0204 e. The van der Waals surface area contributed by atoms with Gasteiger partial charge >= 0.3 is 0 Å². The number of hydrogen-bond donors (Lipinski definition) is 0. The minimum absolute atomic E-state index is 0.649. The van der Waals surface area contributed by atoms with E-state index >= 15 is 0 Å². The van der Waals surface area contributed by atoms with E-state index in [1.165, 1.54) is 19.3 Å². The summed E-state index contributed by atoms with van der Waals surface area (Å²) in [5.74, 6) is 4.44. The van der Waals surface area contributed by atoms with Gasteiger partial charge in [-0.2, -0.15) is 0 Å². The molecule has 6 bridgehead atoms. The molecule has 0 aromatic rings. The van der Waals surface area contributed by atoms with Gasteiger partial charge in [0, 0.05) is 0 Å². The molecule has 5 saturated carbocycles. The average molecular weight is 204 g/mol. The quantitative estimate of drug-likeness (QED) is 0.557. The molecular weight excluding hydrogens is 180 g/mol. The molecule has 0 amide bonds. The zero-order chi connectivity index (χ0) is 10.6. The Balaban J connectivity index is 1.89. The first-order valence-electron chi connectivity index (χ1n) is 6.93. The molecule has 0 N–H and O–H groups in total. The van der Waals surface area contributed by atoms with Crippen molar-refractivity contribution in [3.05, 3.63) is 0 Å². The minimum atomic E-state index is 0.649. The summed E-state index contributed by atoms with van der Waals surface area (Å²) in [6.07, 6.45) is 6.10. The SMILES string of the molecule is CC1(C)CCC[C@@]2(C)[C@H]3C[C@@H]4[C@@H]([C@@H]31)[C@]42C. The third-order valence-corrected chi connectivity index (χ3v) is 7.58. The first kappa shape index (κ1) is 9.07. The summed E-state index contributed by atoms with van der Waals surface area (Å²) in [6, 6.07) is 0. The van der Waals surface area contributed by atoms with Gasteiger partial charge in [-0.25, -0.2) is 0 Å². The third kappa shape index (κ3) is 0.666. The van der Waals surface area contributed by atoms with Gasteiger partial charge in [0.05, 0.1) is 0 Å². The second-order valence-corrected chi connectivity index (χ2v) is 8.04. The standard InChI is InChI=1S/C15H24/c1-13(2)6-5-7-14(3)9-8-10-12(11(9)13)15(10,14)4/h9-12H,5-8H2,1-4H3/t9-,10+,11+,12-,14-,15-/m0/s1. The molecule has 0 spiro atoms. The number of rotatable bonds is 0. The Kier molecular flexibility index (Phi) is 1.24. The molecule has 0 radical (unpaired) electrons. The summed E-state index contributed by atoms with van der Waals surface area (Å²) in [5, 5.41) is 0. The van der Waals surface area contributed by atoms with E-state index in [2.05, 4.69) is 27.7 Å². The zero-order valence-electron chi connectivity index (χ0n) is 10.6. The lowest BCUT2D eigenvalue weighted by atomic mass is 9.69. The van der Waals surface area contributed by atoms with Crippen molar-refractivity contribution in [2.75, 3.05) is 0 Å². The fraction of sp³-hybridized carbons (Fsp3) is 1.00. The van der Waals surface area contributed by atoms with Crippen LogP contribution in [0, 0.1) is 39.9 Å². The smallest absolute Gasteiger partial charge is 0.0204 e. The Morgan fingerprint density at radius 2 is 1.60 bits per heavy atom. The van der Waals surface area contributed by atoms with Crippen molar-refractivity contribution in [3.8, 4) is 0 Å². The highest BCUT2D eigenvalue weighted by molar-refractivity contribution is 5.33. The molecule has 84 valence electrons. The van der Waals surface area contributed by atoms with Crippen LogP contribution in [0.5, 0.6) is 0 Å². The predicted octanol–water partition coefficient (Wildman–Crippen LogP) is 4.10. The Hall–Kier alpha value is 0. The normalized spacial score (nSPS) is 68.0. The van der Waals surface area contributed by atoms with Gasteiger partial charge < -0.3 is 0 Å². The fourth-order valence-electron chi connectivity index (χ4n) is 6.75. The summed E-state index contributed by atoms with van der Waals surface area (Å²) in [6.45, 7) is 10.4. The lowest BCUT2D eigenvalue weighted by Crippen LogP contribution is -2.29. The van der Waals surface area contributed by atoms with E-state index < -0.39 is 0 Å². The largest absolute Gasteiger partial charge is 0.0596 e. The highest BCUT2D eigenvalue weighted by atomic mass is 14.9. The van der Waals surface area contributed by atoms with Crippen LogP contribution >= 0.6 is 0 Å². The van der Waals surface area contributed by atoms with Crippen LogP contribution in [-0.2, 0) is 0 Å². The topological polar surface area (TPSA) is 0 Å². The van der Waals surface area contributed by atoms with Crippen LogP contribution < -0.4 is 0 Å². The monoisotopic (exact) mass is 204 g/mol. The Bertz CT molecular complexity index is 342. The molecule has 5 fully saturated rings. The highest BCUT2D eigenvalue weighted by Gasteiger charge is 2.86. The van der Waals surface area contributed by atoms with Gasteiger partial charge in [-0.15, -0.1) is 0 Å². The molecule has 5 aliphatic rings. The Morgan fingerprint density at radius 3 is 2.27 bits per heavy atom. The van der Waals surface area contributed by atoms with Gasteiger partial charge in [-0.1, -0.05) is 34.1 Å². The van der Waals surface area contributed by atoms with Crippen LogP contribution in [0.25, 0.3) is 0 Å². The van der Waals surface area contributed by atoms with Gasteiger partial charge in [0.2, 0.25) is 0 Å². The van der Waals surface area contributed by atoms with E-state index in [4.69, 9.17) is 0 Å². The van der Waals surface area contributed by atoms with Crippen LogP contribution in [0.15, 0.2) is 0 Å². The lowest BCUT2D eigenvalue weighted by molar-refractivity contribution is 0.127. The first-order valence-corrected chi connectivity index (χ1v) is 6.93. The van der Waals surface area contributed by atoms with Crippen LogP contribution in [0.2, 0.25) is 0 Å². The van der Waals surface area contributed by atoms with Crippen LogP contribution in [0.3, 0.4) is 0 Å². The van der Waals surface area contributed by atoms with Crippen molar-refractivity contribution >= 4 is 0 Å². The minimum Gasteiger partial charge on any atom is -0.0596 e. The molecule has 5 aliphatic carbocycles. The van der Waals surface area contributed by atoms with Crippen LogP contribution in [0.1, 0.15) is 53.4 Å². The Morgan fingerprint density at radius 1 is 0.867 bits per heavy atom. The molecule has 0 heterocycles.